The van der Waals surface area contributed by atoms with Crippen LogP contribution < -0.4 is 5.73 Å². The molecule has 0 bridgehead atoms. The molecule has 1 aromatic heterocycles. The fourth-order valence-corrected chi connectivity index (χ4v) is 3.47. The first-order chi connectivity index (χ1) is 9.08. The Balaban J connectivity index is 2.60. The second-order valence-electron chi connectivity index (χ2n) is 4.48. The van der Waals surface area contributed by atoms with Crippen molar-refractivity contribution in [2.24, 2.45) is 0 Å². The standard InChI is InChI=1S/C15H15BrN2S/c1-3-4-11-14(18)13(8-17)19-15(11)10-6-5-9(2)12(16)7-10/h5-7H,3-4,18H2,1-2H3. The fourth-order valence-electron chi connectivity index (χ4n) is 2.03. The molecule has 0 saturated heterocycles. The highest BCUT2D eigenvalue weighted by atomic mass is 79.9. The number of nitrogens with two attached hydrogens (primary N) is 1. The molecule has 0 unspecified atom stereocenters. The molecule has 0 fully saturated rings. The summed E-state index contributed by atoms with van der Waals surface area (Å²) in [6.45, 7) is 4.18. The van der Waals surface area contributed by atoms with Crippen molar-refractivity contribution >= 4 is 33.0 Å². The molecule has 98 valence electrons. The minimum atomic E-state index is 0.621. The summed E-state index contributed by atoms with van der Waals surface area (Å²) < 4.78 is 1.08. The van der Waals surface area contributed by atoms with Crippen molar-refractivity contribution in [3.05, 3.63) is 38.7 Å². The SMILES string of the molecule is CCCc1c(-c2ccc(C)c(Br)c2)sc(C#N)c1N. The molecule has 2 aromatic rings. The zero-order valence-corrected chi connectivity index (χ0v) is 13.4. The highest BCUT2D eigenvalue weighted by Gasteiger charge is 2.16. The van der Waals surface area contributed by atoms with Crippen LogP contribution in [0, 0.1) is 18.3 Å². The molecule has 4 heteroatoms. The van der Waals surface area contributed by atoms with E-state index in [1.54, 1.807) is 0 Å². The molecule has 0 spiro atoms. The van der Waals surface area contributed by atoms with E-state index in [0.29, 0.717) is 10.6 Å². The zero-order valence-electron chi connectivity index (χ0n) is 11.0. The van der Waals surface area contributed by atoms with Crippen LogP contribution in [0.4, 0.5) is 5.69 Å². The lowest BCUT2D eigenvalue weighted by atomic mass is 10.0. The number of hydrogen-bond donors (Lipinski definition) is 1. The Morgan fingerprint density at radius 1 is 1.42 bits per heavy atom. The summed E-state index contributed by atoms with van der Waals surface area (Å²) in [7, 11) is 0. The van der Waals surface area contributed by atoms with E-state index >= 15 is 0 Å². The normalized spacial score (nSPS) is 10.4. The van der Waals surface area contributed by atoms with Gasteiger partial charge in [-0.1, -0.05) is 41.4 Å². The van der Waals surface area contributed by atoms with Gasteiger partial charge in [0, 0.05) is 9.35 Å². The van der Waals surface area contributed by atoms with E-state index in [1.165, 1.54) is 16.9 Å². The molecule has 0 amide bonds. The van der Waals surface area contributed by atoms with E-state index in [4.69, 9.17) is 11.0 Å². The number of anilines is 1. The van der Waals surface area contributed by atoms with Gasteiger partial charge in [0.05, 0.1) is 5.69 Å². The molecule has 0 radical (unpaired) electrons. The van der Waals surface area contributed by atoms with E-state index in [0.717, 1.165) is 33.3 Å². The molecule has 0 aliphatic heterocycles. The number of nitriles is 1. The zero-order chi connectivity index (χ0) is 14.0. The van der Waals surface area contributed by atoms with E-state index < -0.39 is 0 Å². The van der Waals surface area contributed by atoms with Crippen LogP contribution in [0.2, 0.25) is 0 Å². The van der Waals surface area contributed by atoms with Gasteiger partial charge in [-0.15, -0.1) is 11.3 Å². The molecule has 2 nitrogen and oxygen atoms in total. The maximum atomic E-state index is 9.14. The maximum absolute atomic E-state index is 9.14. The van der Waals surface area contributed by atoms with Gasteiger partial charge in [-0.25, -0.2) is 0 Å². The predicted molar refractivity (Wildman–Crippen MR) is 85.3 cm³/mol. The molecule has 1 aromatic carbocycles. The average molecular weight is 335 g/mol. The van der Waals surface area contributed by atoms with Crippen LogP contribution in [0.3, 0.4) is 0 Å². The first kappa shape index (κ1) is 14.1. The molecule has 1 heterocycles. The Hall–Kier alpha value is -1.31. The molecule has 0 saturated carbocycles. The van der Waals surface area contributed by atoms with Crippen molar-refractivity contribution in [3.63, 3.8) is 0 Å². The maximum Gasteiger partial charge on any atom is 0.128 e. The first-order valence-corrected chi connectivity index (χ1v) is 7.77. The Morgan fingerprint density at radius 3 is 2.74 bits per heavy atom. The van der Waals surface area contributed by atoms with Crippen LogP contribution in [0.1, 0.15) is 29.3 Å². The van der Waals surface area contributed by atoms with Gasteiger partial charge in [0.2, 0.25) is 0 Å². The van der Waals surface area contributed by atoms with Crippen molar-refractivity contribution in [2.45, 2.75) is 26.7 Å². The number of nitrogen functional groups attached to an aromatic ring is 1. The summed E-state index contributed by atoms with van der Waals surface area (Å²) in [5, 5.41) is 9.14. The summed E-state index contributed by atoms with van der Waals surface area (Å²) in [5.41, 5.74) is 10.2. The van der Waals surface area contributed by atoms with Gasteiger partial charge in [-0.2, -0.15) is 5.26 Å². The number of aryl methyl sites for hydroxylation is 1. The molecular formula is C15H15BrN2S. The van der Waals surface area contributed by atoms with Crippen LogP contribution in [0.15, 0.2) is 22.7 Å². The Bertz CT molecular complexity index is 653. The first-order valence-electron chi connectivity index (χ1n) is 6.16. The Kier molecular flexibility index (Phi) is 4.28. The van der Waals surface area contributed by atoms with E-state index in [1.807, 2.05) is 0 Å². The summed E-state index contributed by atoms with van der Waals surface area (Å²) in [5.74, 6) is 0. The van der Waals surface area contributed by atoms with Gasteiger partial charge >= 0.3 is 0 Å². The van der Waals surface area contributed by atoms with Crippen LogP contribution in [-0.4, -0.2) is 0 Å². The van der Waals surface area contributed by atoms with Crippen molar-refractivity contribution in [2.75, 3.05) is 5.73 Å². The largest absolute Gasteiger partial charge is 0.397 e. The van der Waals surface area contributed by atoms with Gasteiger partial charge in [0.15, 0.2) is 0 Å². The van der Waals surface area contributed by atoms with Crippen molar-refractivity contribution in [3.8, 4) is 16.5 Å². The summed E-state index contributed by atoms with van der Waals surface area (Å²) in [4.78, 5) is 1.74. The number of thiophene rings is 1. The minimum Gasteiger partial charge on any atom is -0.397 e. The smallest absolute Gasteiger partial charge is 0.128 e. The third kappa shape index (κ3) is 2.68. The quantitative estimate of drug-likeness (QED) is 0.868. The van der Waals surface area contributed by atoms with Crippen LogP contribution in [0.5, 0.6) is 0 Å². The molecule has 0 aliphatic carbocycles. The molecule has 2 N–H and O–H groups in total. The Labute approximate surface area is 126 Å². The average Bonchev–Trinajstić information content (AvgIpc) is 2.71. The van der Waals surface area contributed by atoms with Gasteiger partial charge in [0.1, 0.15) is 10.9 Å². The van der Waals surface area contributed by atoms with Crippen molar-refractivity contribution in [1.82, 2.24) is 0 Å². The number of halogens is 1. The summed E-state index contributed by atoms with van der Waals surface area (Å²) in [6, 6.07) is 8.46. The number of rotatable bonds is 3. The lowest BCUT2D eigenvalue weighted by Crippen LogP contribution is -1.93. The lowest BCUT2D eigenvalue weighted by molar-refractivity contribution is 0.930. The van der Waals surface area contributed by atoms with Crippen molar-refractivity contribution in [1.29, 1.82) is 5.26 Å². The van der Waals surface area contributed by atoms with Crippen LogP contribution in [0.25, 0.3) is 10.4 Å². The van der Waals surface area contributed by atoms with Gasteiger partial charge < -0.3 is 5.73 Å². The third-order valence-corrected chi connectivity index (χ3v) is 5.14. The second-order valence-corrected chi connectivity index (χ2v) is 6.35. The summed E-state index contributed by atoms with van der Waals surface area (Å²) >= 11 is 5.04. The van der Waals surface area contributed by atoms with Crippen molar-refractivity contribution < 1.29 is 0 Å². The van der Waals surface area contributed by atoms with Gasteiger partial charge in [-0.05, 0) is 36.1 Å². The minimum absolute atomic E-state index is 0.621. The van der Waals surface area contributed by atoms with Gasteiger partial charge in [-0.3, -0.25) is 0 Å². The third-order valence-electron chi connectivity index (χ3n) is 3.08. The molecule has 0 atom stereocenters. The molecule has 2 rings (SSSR count). The van der Waals surface area contributed by atoms with Crippen LogP contribution >= 0.6 is 27.3 Å². The number of hydrogen-bond acceptors (Lipinski definition) is 3. The summed E-state index contributed by atoms with van der Waals surface area (Å²) in [6.07, 6.45) is 1.93. The molecule has 19 heavy (non-hydrogen) atoms. The van der Waals surface area contributed by atoms with E-state index in [9.17, 15) is 0 Å². The second kappa shape index (κ2) is 5.77. The van der Waals surface area contributed by atoms with Crippen LogP contribution in [-0.2, 0) is 6.42 Å². The predicted octanol–water partition coefficient (Wildman–Crippen LogP) is 4.89. The monoisotopic (exact) mass is 334 g/mol. The topological polar surface area (TPSA) is 49.8 Å². The Morgan fingerprint density at radius 2 is 2.16 bits per heavy atom. The van der Waals surface area contributed by atoms with E-state index in [2.05, 4.69) is 54.0 Å². The highest BCUT2D eigenvalue weighted by molar-refractivity contribution is 9.10. The molecule has 0 aliphatic rings. The highest BCUT2D eigenvalue weighted by Crippen LogP contribution is 2.40. The van der Waals surface area contributed by atoms with E-state index in [-0.39, 0.29) is 0 Å². The lowest BCUT2D eigenvalue weighted by Gasteiger charge is -2.06. The number of nitrogens with zero attached hydrogens (tertiary/aromatic N) is 1. The molecular weight excluding hydrogens is 320 g/mol. The fraction of sp³-hybridized carbons (Fsp3) is 0.267. The van der Waals surface area contributed by atoms with Gasteiger partial charge in [0.25, 0.3) is 0 Å². The number of benzene rings is 1.